The van der Waals surface area contributed by atoms with Gasteiger partial charge < -0.3 is 29.4 Å². The van der Waals surface area contributed by atoms with Crippen LogP contribution in [0.4, 0.5) is 31.7 Å². The number of piperidine rings is 1. The number of carbonyl (C=O) groups is 1. The summed E-state index contributed by atoms with van der Waals surface area (Å²) in [7, 11) is 2.56. The number of methoxy groups -OCH3 is 2. The second-order valence-electron chi connectivity index (χ2n) is 9.86. The van der Waals surface area contributed by atoms with Crippen LogP contribution in [0.2, 0.25) is 0 Å². The normalized spacial score (nSPS) is 13.7. The second kappa shape index (κ2) is 11.9. The zero-order valence-electron chi connectivity index (χ0n) is 23.2. The average molecular weight is 563 g/mol. The van der Waals surface area contributed by atoms with Crippen molar-refractivity contribution in [2.24, 2.45) is 5.92 Å². The molecule has 5 rings (SSSR count). The molecule has 0 spiro atoms. The molecule has 41 heavy (non-hydrogen) atoms. The van der Waals surface area contributed by atoms with E-state index in [0.717, 1.165) is 43.6 Å². The van der Waals surface area contributed by atoms with Crippen molar-refractivity contribution >= 4 is 39.9 Å². The van der Waals surface area contributed by atoms with Crippen LogP contribution in [0.1, 0.15) is 26.2 Å². The summed E-state index contributed by atoms with van der Waals surface area (Å²) < 4.78 is 45.9. The van der Waals surface area contributed by atoms with Gasteiger partial charge in [0.1, 0.15) is 17.1 Å². The highest BCUT2D eigenvalue weighted by atomic mass is 19.1. The lowest BCUT2D eigenvalue weighted by molar-refractivity contribution is -0.111. The van der Waals surface area contributed by atoms with Crippen molar-refractivity contribution in [2.45, 2.75) is 26.2 Å². The molecule has 1 fully saturated rings. The summed E-state index contributed by atoms with van der Waals surface area (Å²) in [6.45, 7) is 7.71. The minimum Gasteiger partial charge on any atom is -0.494 e. The monoisotopic (exact) mass is 562 g/mol. The molecule has 0 atom stereocenters. The Hall–Kier alpha value is -4.60. The Morgan fingerprint density at radius 3 is 2.41 bits per heavy atom. The van der Waals surface area contributed by atoms with Gasteiger partial charge in [-0.05, 0) is 55.2 Å². The van der Waals surface area contributed by atoms with Gasteiger partial charge in [0.15, 0.2) is 28.7 Å². The van der Waals surface area contributed by atoms with E-state index in [2.05, 4.69) is 34.0 Å². The van der Waals surface area contributed by atoms with Crippen molar-refractivity contribution < 1.29 is 27.5 Å². The number of hydrogen-bond donors (Lipinski definition) is 2. The van der Waals surface area contributed by atoms with Crippen molar-refractivity contribution in [3.8, 4) is 22.8 Å². The van der Waals surface area contributed by atoms with Gasteiger partial charge in [0.2, 0.25) is 5.91 Å². The minimum atomic E-state index is -0.912. The number of furan rings is 1. The first-order chi connectivity index (χ1) is 19.8. The number of aromatic nitrogens is 1. The number of nitrogens with zero attached hydrogens (tertiary/aromatic N) is 2. The van der Waals surface area contributed by atoms with Crippen LogP contribution in [0.5, 0.6) is 11.5 Å². The van der Waals surface area contributed by atoms with Gasteiger partial charge in [0.25, 0.3) is 0 Å². The number of amides is 1. The van der Waals surface area contributed by atoms with E-state index in [1.165, 1.54) is 32.8 Å². The maximum Gasteiger partial charge on any atom is 0.247 e. The Kier molecular flexibility index (Phi) is 8.09. The molecule has 0 saturated carbocycles. The van der Waals surface area contributed by atoms with Crippen LogP contribution in [0.3, 0.4) is 0 Å². The smallest absolute Gasteiger partial charge is 0.247 e. The minimum absolute atomic E-state index is 0.0630. The van der Waals surface area contributed by atoms with Gasteiger partial charge in [0, 0.05) is 30.9 Å². The van der Waals surface area contributed by atoms with Crippen molar-refractivity contribution in [2.75, 3.05) is 42.8 Å². The van der Waals surface area contributed by atoms with Crippen molar-refractivity contribution in [3.05, 3.63) is 66.8 Å². The van der Waals surface area contributed by atoms with Crippen LogP contribution in [-0.2, 0) is 4.79 Å². The molecule has 8 nitrogen and oxygen atoms in total. The second-order valence-corrected chi connectivity index (χ2v) is 9.86. The predicted octanol–water partition coefficient (Wildman–Crippen LogP) is 7.28. The summed E-state index contributed by atoms with van der Waals surface area (Å²) in [5, 5.41) is 6.12. The Bertz CT molecular complexity index is 1570. The summed E-state index contributed by atoms with van der Waals surface area (Å²) in [5.41, 5.74) is 2.51. The number of pyridine rings is 1. The molecular formula is C31H32F2N4O4. The van der Waals surface area contributed by atoms with Gasteiger partial charge in [-0.15, -0.1) is 0 Å². The van der Waals surface area contributed by atoms with E-state index in [9.17, 15) is 4.79 Å². The van der Waals surface area contributed by atoms with Crippen molar-refractivity contribution in [1.82, 2.24) is 4.98 Å². The Morgan fingerprint density at radius 1 is 1.07 bits per heavy atom. The first-order valence-corrected chi connectivity index (χ1v) is 13.5. The third kappa shape index (κ3) is 5.68. The van der Waals surface area contributed by atoms with Gasteiger partial charge in [-0.25, -0.2) is 13.8 Å². The number of fused-ring (bicyclic) bond motifs is 1. The summed E-state index contributed by atoms with van der Waals surface area (Å²) in [5.74, 6) is -1.39. The molecule has 1 aliphatic heterocycles. The van der Waals surface area contributed by atoms with Gasteiger partial charge in [-0.1, -0.05) is 19.9 Å². The molecule has 0 radical (unpaired) electrons. The molecule has 1 saturated heterocycles. The fourth-order valence-corrected chi connectivity index (χ4v) is 5.08. The molecule has 2 aromatic heterocycles. The summed E-state index contributed by atoms with van der Waals surface area (Å²) >= 11 is 0. The number of carbonyl (C=O) groups excluding carboxylic acids is 1. The molecule has 3 heterocycles. The SMILES string of the molecule is C=CC(=O)Nc1cc(N2CCC(CC)CC2)ccc1Nc1ccc2oc(-c3c(F)c(OC)cc(OC)c3F)cc2n1. The fourth-order valence-electron chi connectivity index (χ4n) is 5.08. The zero-order chi connectivity index (χ0) is 29.1. The highest BCUT2D eigenvalue weighted by molar-refractivity contribution is 6.02. The molecule has 0 aliphatic carbocycles. The fraction of sp³-hybridized carbons (Fsp3) is 0.290. The van der Waals surface area contributed by atoms with E-state index < -0.39 is 17.2 Å². The topological polar surface area (TPSA) is 88.9 Å². The number of anilines is 4. The predicted molar refractivity (Wildman–Crippen MR) is 156 cm³/mol. The maximum atomic E-state index is 15.1. The van der Waals surface area contributed by atoms with E-state index in [0.29, 0.717) is 28.3 Å². The molecule has 4 aromatic rings. The summed E-state index contributed by atoms with van der Waals surface area (Å²) in [6, 6.07) is 11.7. The molecule has 0 bridgehead atoms. The van der Waals surface area contributed by atoms with E-state index in [1.54, 1.807) is 12.1 Å². The summed E-state index contributed by atoms with van der Waals surface area (Å²) in [6.07, 6.45) is 4.67. The third-order valence-electron chi connectivity index (χ3n) is 7.46. The molecule has 1 aliphatic rings. The van der Waals surface area contributed by atoms with Crippen LogP contribution in [0.25, 0.3) is 22.4 Å². The number of ether oxygens (including phenoxy) is 2. The number of halogens is 2. The quantitative estimate of drug-likeness (QED) is 0.207. The van der Waals surface area contributed by atoms with Gasteiger partial charge >= 0.3 is 0 Å². The standard InChI is InChI=1S/C31H32F2N4O4/c1-5-18-11-13-37(14-12-18)19-7-8-20(21(15-19)36-28(38)6-2)34-27-10-9-23-22(35-27)16-24(41-23)29-30(32)25(39-3)17-26(40-4)31(29)33/h6-10,15-18H,2,5,11-14H2,1,3-4H3,(H,34,35)(H,36,38). The first kappa shape index (κ1) is 27.9. The first-order valence-electron chi connectivity index (χ1n) is 13.5. The van der Waals surface area contributed by atoms with E-state index in [4.69, 9.17) is 13.9 Å². The van der Waals surface area contributed by atoms with Gasteiger partial charge in [0.05, 0.1) is 31.2 Å². The van der Waals surface area contributed by atoms with Crippen LogP contribution < -0.4 is 25.0 Å². The number of nitrogens with one attached hydrogen (secondary N) is 2. The molecule has 10 heteroatoms. The molecular weight excluding hydrogens is 530 g/mol. The highest BCUT2D eigenvalue weighted by Crippen LogP contribution is 2.40. The Morgan fingerprint density at radius 2 is 1.78 bits per heavy atom. The lowest BCUT2D eigenvalue weighted by Crippen LogP contribution is -2.33. The lowest BCUT2D eigenvalue weighted by atomic mass is 9.94. The van der Waals surface area contributed by atoms with Crippen LogP contribution in [0.15, 0.2) is 59.5 Å². The third-order valence-corrected chi connectivity index (χ3v) is 7.46. The number of benzene rings is 2. The van der Waals surface area contributed by atoms with E-state index in [1.807, 2.05) is 18.2 Å². The number of hydrogen-bond acceptors (Lipinski definition) is 7. The zero-order valence-corrected chi connectivity index (χ0v) is 23.2. The van der Waals surface area contributed by atoms with Crippen LogP contribution >= 0.6 is 0 Å². The van der Waals surface area contributed by atoms with Gasteiger partial charge in [-0.3, -0.25) is 4.79 Å². The number of rotatable bonds is 9. The molecule has 2 aromatic carbocycles. The maximum absolute atomic E-state index is 15.1. The molecule has 0 unspecified atom stereocenters. The molecule has 2 N–H and O–H groups in total. The summed E-state index contributed by atoms with van der Waals surface area (Å²) in [4.78, 5) is 19.1. The lowest BCUT2D eigenvalue weighted by Gasteiger charge is -2.33. The average Bonchev–Trinajstić information content (AvgIpc) is 3.41. The Balaban J connectivity index is 1.46. The van der Waals surface area contributed by atoms with Crippen LogP contribution in [-0.4, -0.2) is 38.2 Å². The molecule has 214 valence electrons. The van der Waals surface area contributed by atoms with E-state index >= 15 is 8.78 Å². The largest absolute Gasteiger partial charge is 0.494 e. The van der Waals surface area contributed by atoms with Gasteiger partial charge in [-0.2, -0.15) is 0 Å². The van der Waals surface area contributed by atoms with E-state index in [-0.39, 0.29) is 23.2 Å². The Labute approximate surface area is 237 Å². The van der Waals surface area contributed by atoms with Crippen molar-refractivity contribution in [1.29, 1.82) is 0 Å². The molecule has 1 amide bonds. The highest BCUT2D eigenvalue weighted by Gasteiger charge is 2.25. The van der Waals surface area contributed by atoms with Crippen LogP contribution in [0, 0.1) is 17.6 Å². The van der Waals surface area contributed by atoms with Crippen molar-refractivity contribution in [3.63, 3.8) is 0 Å².